The molecule has 1 aromatic rings. The Labute approximate surface area is 332 Å². The second-order valence-electron chi connectivity index (χ2n) is 14.7. The fraction of sp³-hybridized carbons (Fsp3) is 0.694. The summed E-state index contributed by atoms with van der Waals surface area (Å²) in [5.41, 5.74) is 17.5. The molecule has 322 valence electrons. The number of aliphatic carboxylic acids is 2. The Morgan fingerprint density at radius 2 is 1.19 bits per heavy atom. The number of nitrogens with one attached hydrogen (secondary N) is 7. The minimum Gasteiger partial charge on any atom is -0.481 e. The number of nitrogens with zero attached hydrogens (tertiary/aromatic N) is 1. The minimum atomic E-state index is -1.57. The number of carboxylic acids is 2. The highest BCUT2D eigenvalue weighted by Gasteiger charge is 2.35. The Kier molecular flexibility index (Phi) is 22.7. The number of amides is 6. The van der Waals surface area contributed by atoms with Crippen molar-refractivity contribution in [3.05, 3.63) is 18.2 Å². The molecule has 15 N–H and O–H groups in total. The summed E-state index contributed by atoms with van der Waals surface area (Å²) in [6.07, 6.45) is 4.44. The smallest absolute Gasteiger partial charge is 0.325 e. The molecule has 0 aliphatic heterocycles. The molecule has 21 heteroatoms. The second kappa shape index (κ2) is 25.9. The maximum Gasteiger partial charge on any atom is 0.325 e. The van der Waals surface area contributed by atoms with E-state index in [1.165, 1.54) is 19.4 Å². The maximum atomic E-state index is 13.9. The molecule has 0 saturated carbocycles. The van der Waals surface area contributed by atoms with Gasteiger partial charge in [0.15, 0.2) is 0 Å². The number of rotatable bonds is 28. The molecule has 0 aliphatic carbocycles. The van der Waals surface area contributed by atoms with Gasteiger partial charge in [0.05, 0.1) is 18.8 Å². The molecule has 7 atom stereocenters. The van der Waals surface area contributed by atoms with Gasteiger partial charge in [0.25, 0.3) is 0 Å². The Bertz CT molecular complexity index is 1470. The largest absolute Gasteiger partial charge is 0.481 e. The lowest BCUT2D eigenvalue weighted by Gasteiger charge is -2.29. The number of carboxylic acid groups (broad SMARTS) is 2. The highest BCUT2D eigenvalue weighted by atomic mass is 16.4. The minimum absolute atomic E-state index is 0.0648. The van der Waals surface area contributed by atoms with E-state index in [1.807, 2.05) is 0 Å². The molecule has 0 radical (unpaired) electrons. The zero-order valence-corrected chi connectivity index (χ0v) is 33.5. The molecule has 6 amide bonds. The quantitative estimate of drug-likeness (QED) is 0.0397. The molecule has 21 nitrogen and oxygen atoms in total. The highest BCUT2D eigenvalue weighted by molar-refractivity contribution is 5.97. The number of carbonyl (C=O) groups is 8. The van der Waals surface area contributed by atoms with Crippen LogP contribution in [0.15, 0.2) is 12.5 Å². The molecule has 0 unspecified atom stereocenters. The average molecular weight is 810 g/mol. The van der Waals surface area contributed by atoms with E-state index < -0.39 is 102 Å². The number of aromatic amines is 1. The summed E-state index contributed by atoms with van der Waals surface area (Å²) < 4.78 is 0. The number of nitrogens with two attached hydrogens (primary N) is 3. The van der Waals surface area contributed by atoms with Crippen molar-refractivity contribution in [2.45, 2.75) is 135 Å². The van der Waals surface area contributed by atoms with Crippen molar-refractivity contribution in [1.29, 1.82) is 0 Å². The molecule has 0 spiro atoms. The lowest BCUT2D eigenvalue weighted by Crippen LogP contribution is -2.61. The summed E-state index contributed by atoms with van der Waals surface area (Å²) >= 11 is 0. The van der Waals surface area contributed by atoms with Crippen LogP contribution in [0, 0.1) is 11.8 Å². The fourth-order valence-corrected chi connectivity index (χ4v) is 5.56. The van der Waals surface area contributed by atoms with Gasteiger partial charge in [0, 0.05) is 18.3 Å². The zero-order chi connectivity index (χ0) is 43.2. The molecule has 1 heterocycles. The fourth-order valence-electron chi connectivity index (χ4n) is 5.56. The van der Waals surface area contributed by atoms with Crippen LogP contribution >= 0.6 is 0 Å². The Morgan fingerprint density at radius 1 is 0.667 bits per heavy atom. The lowest BCUT2D eigenvalue weighted by atomic mass is 9.98. The summed E-state index contributed by atoms with van der Waals surface area (Å²) in [6, 6.07) is -8.87. The summed E-state index contributed by atoms with van der Waals surface area (Å²) in [5, 5.41) is 33.9. The average Bonchev–Trinajstić information content (AvgIpc) is 3.65. The summed E-state index contributed by atoms with van der Waals surface area (Å²) in [4.78, 5) is 110. The first-order valence-electron chi connectivity index (χ1n) is 19.2. The SMILES string of the molecule is CC(C)C[C@H](NC(=O)[C@H](CC(=O)O)NC(=O)[C@@H](N)CCCCN)C(=O)N[C@H](C(=O)N[C@@H](Cc1cnc[nH]1)C(=O)N[C@@H](CCCCN)C(=O)N[C@@H](C)C(=O)O)C(C)C. The van der Waals surface area contributed by atoms with Crippen LogP contribution in [0.1, 0.15) is 91.7 Å². The van der Waals surface area contributed by atoms with E-state index in [9.17, 15) is 48.6 Å². The Morgan fingerprint density at radius 3 is 1.72 bits per heavy atom. The summed E-state index contributed by atoms with van der Waals surface area (Å²) in [5.74, 6) is -8.20. The van der Waals surface area contributed by atoms with E-state index in [1.54, 1.807) is 27.7 Å². The van der Waals surface area contributed by atoms with Crippen molar-refractivity contribution in [2.24, 2.45) is 29.0 Å². The van der Waals surface area contributed by atoms with Gasteiger partial charge in [-0.05, 0) is 70.4 Å². The summed E-state index contributed by atoms with van der Waals surface area (Å²) in [7, 11) is 0. The van der Waals surface area contributed by atoms with Crippen molar-refractivity contribution in [3.8, 4) is 0 Å². The third-order valence-corrected chi connectivity index (χ3v) is 8.83. The predicted molar refractivity (Wildman–Crippen MR) is 208 cm³/mol. The van der Waals surface area contributed by atoms with Crippen LogP contribution in [0.3, 0.4) is 0 Å². The Hall–Kier alpha value is -5.15. The monoisotopic (exact) mass is 809 g/mol. The molecular formula is C36H63N11O10. The van der Waals surface area contributed by atoms with Gasteiger partial charge >= 0.3 is 11.9 Å². The van der Waals surface area contributed by atoms with Crippen molar-refractivity contribution < 1.29 is 48.6 Å². The van der Waals surface area contributed by atoms with Crippen molar-refractivity contribution in [1.82, 2.24) is 41.9 Å². The maximum absolute atomic E-state index is 13.9. The van der Waals surface area contributed by atoms with Crippen molar-refractivity contribution in [3.63, 3.8) is 0 Å². The van der Waals surface area contributed by atoms with Gasteiger partial charge in [-0.1, -0.05) is 34.1 Å². The molecule has 0 aliphatic rings. The van der Waals surface area contributed by atoms with Crippen molar-refractivity contribution >= 4 is 47.4 Å². The molecule has 0 bridgehead atoms. The first-order chi connectivity index (χ1) is 26.8. The number of aromatic nitrogens is 2. The standard InChI is InChI=1S/C36H63N11O10/c1-19(2)14-25(45-33(53)27(16-28(48)49)44-30(50)23(39)10-6-8-12-37)34(54)47-29(20(3)4)35(55)46-26(15-22-17-40-18-41-22)32(52)43-24(11-7-9-13-38)31(51)42-21(5)36(56)57/h17-21,23-27,29H,6-16,37-39H2,1-5H3,(H,40,41)(H,42,51)(H,43,52)(H,44,50)(H,45,53)(H,46,55)(H,47,54)(H,48,49)(H,56,57)/t21-,23-,24-,25-,26-,27-,29-/m0/s1. The van der Waals surface area contributed by atoms with Gasteiger partial charge in [-0.15, -0.1) is 0 Å². The number of imidazole rings is 1. The van der Waals surface area contributed by atoms with E-state index in [0.29, 0.717) is 44.5 Å². The number of hydrogen-bond acceptors (Lipinski definition) is 12. The van der Waals surface area contributed by atoms with E-state index in [-0.39, 0.29) is 31.6 Å². The van der Waals surface area contributed by atoms with E-state index >= 15 is 0 Å². The third-order valence-electron chi connectivity index (χ3n) is 8.83. The molecule has 0 saturated heterocycles. The normalized spacial score (nSPS) is 14.9. The molecule has 1 rings (SSSR count). The number of carbonyl (C=O) groups excluding carboxylic acids is 6. The van der Waals surface area contributed by atoms with Crippen LogP contribution < -0.4 is 49.1 Å². The van der Waals surface area contributed by atoms with Crippen LogP contribution in [0.4, 0.5) is 0 Å². The lowest BCUT2D eigenvalue weighted by molar-refractivity contribution is -0.142. The zero-order valence-electron chi connectivity index (χ0n) is 33.5. The van der Waals surface area contributed by atoms with Crippen LogP contribution in [0.2, 0.25) is 0 Å². The molecule has 0 aromatic carbocycles. The Balaban J connectivity index is 3.30. The molecule has 0 fully saturated rings. The van der Waals surface area contributed by atoms with Crippen LogP contribution in [0.25, 0.3) is 0 Å². The second-order valence-corrected chi connectivity index (χ2v) is 14.7. The molecule has 1 aromatic heterocycles. The molecule has 57 heavy (non-hydrogen) atoms. The predicted octanol–water partition coefficient (Wildman–Crippen LogP) is -2.27. The van der Waals surface area contributed by atoms with Crippen molar-refractivity contribution in [2.75, 3.05) is 13.1 Å². The van der Waals surface area contributed by atoms with Gasteiger partial charge in [0.1, 0.15) is 36.3 Å². The summed E-state index contributed by atoms with van der Waals surface area (Å²) in [6.45, 7) is 8.82. The van der Waals surface area contributed by atoms with E-state index in [2.05, 4.69) is 41.9 Å². The van der Waals surface area contributed by atoms with Gasteiger partial charge in [-0.25, -0.2) is 4.98 Å². The van der Waals surface area contributed by atoms with Gasteiger partial charge in [0.2, 0.25) is 35.4 Å². The number of unbranched alkanes of at least 4 members (excludes halogenated alkanes) is 2. The van der Waals surface area contributed by atoms with Crippen LogP contribution in [-0.2, 0) is 44.8 Å². The first kappa shape index (κ1) is 49.9. The van der Waals surface area contributed by atoms with Gasteiger partial charge in [-0.2, -0.15) is 0 Å². The van der Waals surface area contributed by atoms with E-state index in [0.717, 1.165) is 0 Å². The number of hydrogen-bond donors (Lipinski definition) is 12. The topological polar surface area (TPSA) is 356 Å². The highest BCUT2D eigenvalue weighted by Crippen LogP contribution is 2.11. The van der Waals surface area contributed by atoms with Crippen LogP contribution in [-0.4, -0.2) is 123 Å². The van der Waals surface area contributed by atoms with Gasteiger partial charge < -0.3 is 64.3 Å². The van der Waals surface area contributed by atoms with Gasteiger partial charge in [-0.3, -0.25) is 38.4 Å². The number of H-pyrrole nitrogens is 1. The first-order valence-corrected chi connectivity index (χ1v) is 19.2. The van der Waals surface area contributed by atoms with Crippen LogP contribution in [0.5, 0.6) is 0 Å². The third kappa shape index (κ3) is 19.0. The molecular weight excluding hydrogens is 746 g/mol. The van der Waals surface area contributed by atoms with E-state index in [4.69, 9.17) is 17.2 Å².